The highest BCUT2D eigenvalue weighted by Gasteiger charge is 2.23. The number of halogens is 1. The molecule has 0 fully saturated rings. The second-order valence-corrected chi connectivity index (χ2v) is 9.43. The molecule has 0 amide bonds. The summed E-state index contributed by atoms with van der Waals surface area (Å²) in [5.41, 5.74) is 5.53. The van der Waals surface area contributed by atoms with Crippen LogP contribution in [0.15, 0.2) is 108 Å². The highest BCUT2D eigenvalue weighted by atomic mass is 19.1. The molecule has 36 heavy (non-hydrogen) atoms. The SMILES string of the molecule is Cc1ccc2c(oc3c(F)c(-c4cc5ccccc5c5ccccc45)ccc32)c1-c1cccc[n+]1C. The van der Waals surface area contributed by atoms with Crippen LogP contribution in [0.25, 0.3) is 65.9 Å². The molecule has 0 N–H and O–H groups in total. The van der Waals surface area contributed by atoms with Gasteiger partial charge in [0.1, 0.15) is 12.6 Å². The Kier molecular flexibility index (Phi) is 4.49. The Bertz CT molecular complexity index is 1980. The second kappa shape index (κ2) is 7.76. The fourth-order valence-electron chi connectivity index (χ4n) is 5.56. The molecule has 0 saturated heterocycles. The summed E-state index contributed by atoms with van der Waals surface area (Å²) in [7, 11) is 2.01. The van der Waals surface area contributed by atoms with Crippen LogP contribution >= 0.6 is 0 Å². The van der Waals surface area contributed by atoms with Crippen molar-refractivity contribution in [2.45, 2.75) is 6.92 Å². The topological polar surface area (TPSA) is 17.0 Å². The van der Waals surface area contributed by atoms with Gasteiger partial charge < -0.3 is 4.42 Å². The molecular weight excluding hydrogens is 445 g/mol. The number of nitrogens with zero attached hydrogens (tertiary/aromatic N) is 1. The van der Waals surface area contributed by atoms with Gasteiger partial charge in [-0.15, -0.1) is 0 Å². The normalized spacial score (nSPS) is 11.8. The molecule has 0 aliphatic carbocycles. The average molecular weight is 469 g/mol. The molecule has 7 rings (SSSR count). The van der Waals surface area contributed by atoms with Crippen LogP contribution in [0, 0.1) is 12.7 Å². The monoisotopic (exact) mass is 468 g/mol. The van der Waals surface area contributed by atoms with Crippen LogP contribution in [0.2, 0.25) is 0 Å². The lowest BCUT2D eigenvalue weighted by atomic mass is 9.92. The Morgan fingerprint density at radius 2 is 1.33 bits per heavy atom. The number of hydrogen-bond donors (Lipinski definition) is 0. The van der Waals surface area contributed by atoms with Crippen LogP contribution in [-0.4, -0.2) is 0 Å². The first-order valence-electron chi connectivity index (χ1n) is 12.1. The maximum absolute atomic E-state index is 16.3. The molecule has 0 aliphatic rings. The van der Waals surface area contributed by atoms with E-state index in [-0.39, 0.29) is 5.82 Å². The van der Waals surface area contributed by atoms with E-state index in [0.29, 0.717) is 16.7 Å². The molecule has 0 atom stereocenters. The Labute approximate surface area is 207 Å². The van der Waals surface area contributed by atoms with Crippen molar-refractivity contribution < 1.29 is 13.4 Å². The number of aromatic nitrogens is 1. The Morgan fingerprint density at radius 1 is 0.639 bits per heavy atom. The first-order valence-corrected chi connectivity index (χ1v) is 12.1. The largest absolute Gasteiger partial charge is 0.452 e. The molecule has 5 aromatic carbocycles. The molecule has 0 spiro atoms. The van der Waals surface area contributed by atoms with E-state index in [9.17, 15) is 0 Å². The predicted octanol–water partition coefficient (Wildman–Crippen LogP) is 8.50. The van der Waals surface area contributed by atoms with Gasteiger partial charge in [0.15, 0.2) is 17.6 Å². The number of benzene rings is 5. The number of pyridine rings is 1. The highest BCUT2D eigenvalue weighted by Crippen LogP contribution is 2.42. The van der Waals surface area contributed by atoms with E-state index < -0.39 is 0 Å². The lowest BCUT2D eigenvalue weighted by Crippen LogP contribution is -2.30. The Morgan fingerprint density at radius 3 is 2.17 bits per heavy atom. The Balaban J connectivity index is 1.55. The van der Waals surface area contributed by atoms with Crippen molar-refractivity contribution in [3.63, 3.8) is 0 Å². The lowest BCUT2D eigenvalue weighted by Gasteiger charge is -2.12. The molecule has 7 aromatic rings. The van der Waals surface area contributed by atoms with Gasteiger partial charge in [-0.2, -0.15) is 0 Å². The van der Waals surface area contributed by atoms with Gasteiger partial charge >= 0.3 is 0 Å². The summed E-state index contributed by atoms with van der Waals surface area (Å²) in [6.45, 7) is 2.07. The van der Waals surface area contributed by atoms with Crippen LogP contribution in [-0.2, 0) is 7.05 Å². The summed E-state index contributed by atoms with van der Waals surface area (Å²) >= 11 is 0. The van der Waals surface area contributed by atoms with Crippen molar-refractivity contribution in [2.75, 3.05) is 0 Å². The maximum Gasteiger partial charge on any atom is 0.216 e. The van der Waals surface area contributed by atoms with Gasteiger partial charge in [0.05, 0.1) is 5.56 Å². The van der Waals surface area contributed by atoms with Gasteiger partial charge in [0.25, 0.3) is 0 Å². The molecule has 2 nitrogen and oxygen atoms in total. The van der Waals surface area contributed by atoms with Crippen molar-refractivity contribution in [3.8, 4) is 22.4 Å². The van der Waals surface area contributed by atoms with Crippen molar-refractivity contribution in [2.24, 2.45) is 7.05 Å². The van der Waals surface area contributed by atoms with Crippen LogP contribution in [0.4, 0.5) is 4.39 Å². The number of aryl methyl sites for hydroxylation is 2. The van der Waals surface area contributed by atoms with Crippen molar-refractivity contribution in [3.05, 3.63) is 115 Å². The van der Waals surface area contributed by atoms with Crippen molar-refractivity contribution >= 4 is 43.5 Å². The van der Waals surface area contributed by atoms with E-state index in [1.165, 1.54) is 0 Å². The molecule has 3 heteroatoms. The number of furan rings is 1. The number of rotatable bonds is 2. The van der Waals surface area contributed by atoms with E-state index in [1.807, 2.05) is 67.8 Å². The van der Waals surface area contributed by atoms with E-state index >= 15 is 4.39 Å². The minimum absolute atomic E-state index is 0.296. The molecule has 0 saturated carbocycles. The fraction of sp³-hybridized carbons (Fsp3) is 0.0606. The molecule has 0 unspecified atom stereocenters. The Hall–Kier alpha value is -4.50. The molecule has 172 valence electrons. The molecule has 0 radical (unpaired) electrons. The summed E-state index contributed by atoms with van der Waals surface area (Å²) < 4.78 is 24.8. The smallest absolute Gasteiger partial charge is 0.216 e. The first-order chi connectivity index (χ1) is 17.6. The first kappa shape index (κ1) is 20.8. The summed E-state index contributed by atoms with van der Waals surface area (Å²) in [4.78, 5) is 0. The lowest BCUT2D eigenvalue weighted by molar-refractivity contribution is -0.660. The van der Waals surface area contributed by atoms with E-state index in [1.54, 1.807) is 0 Å². The van der Waals surface area contributed by atoms with Gasteiger partial charge in [0.2, 0.25) is 5.69 Å². The minimum atomic E-state index is -0.329. The quantitative estimate of drug-likeness (QED) is 0.184. The van der Waals surface area contributed by atoms with Gasteiger partial charge in [-0.05, 0) is 57.8 Å². The predicted molar refractivity (Wildman–Crippen MR) is 145 cm³/mol. The van der Waals surface area contributed by atoms with Crippen molar-refractivity contribution in [1.29, 1.82) is 0 Å². The average Bonchev–Trinajstić information content (AvgIpc) is 3.29. The summed E-state index contributed by atoms with van der Waals surface area (Å²) in [5.74, 6) is -0.329. The molecule has 0 aliphatic heterocycles. The third-order valence-corrected chi connectivity index (χ3v) is 7.33. The molecule has 0 bridgehead atoms. The summed E-state index contributed by atoms with van der Waals surface area (Å²) in [6, 6.07) is 32.6. The minimum Gasteiger partial charge on any atom is -0.452 e. The standard InChI is InChI=1S/C33H23FNO/c1-20-14-15-26-27-17-16-25(28-19-21-9-3-4-10-22(21)23-11-5-6-12-24(23)28)31(34)33(27)36-32(26)30(20)29-13-7-8-18-35(29)2/h3-19H,1-2H3/q+1. The highest BCUT2D eigenvalue weighted by molar-refractivity contribution is 6.15. The van der Waals surface area contributed by atoms with Crippen molar-refractivity contribution in [1.82, 2.24) is 0 Å². The van der Waals surface area contributed by atoms with E-state index in [4.69, 9.17) is 4.42 Å². The van der Waals surface area contributed by atoms with Crippen LogP contribution < -0.4 is 4.57 Å². The van der Waals surface area contributed by atoms with E-state index in [0.717, 1.165) is 54.7 Å². The summed E-state index contributed by atoms with van der Waals surface area (Å²) in [6.07, 6.45) is 2.01. The van der Waals surface area contributed by atoms with Gasteiger partial charge in [0, 0.05) is 28.5 Å². The number of fused-ring (bicyclic) bond motifs is 6. The zero-order chi connectivity index (χ0) is 24.4. The molecule has 2 heterocycles. The van der Waals surface area contributed by atoms with Gasteiger partial charge in [-0.25, -0.2) is 8.96 Å². The third kappa shape index (κ3) is 2.93. The number of hydrogen-bond acceptors (Lipinski definition) is 1. The fourth-order valence-corrected chi connectivity index (χ4v) is 5.56. The van der Waals surface area contributed by atoms with Gasteiger partial charge in [-0.1, -0.05) is 66.7 Å². The maximum atomic E-state index is 16.3. The van der Waals surface area contributed by atoms with E-state index in [2.05, 4.69) is 54.0 Å². The van der Waals surface area contributed by atoms with Crippen LogP contribution in [0.3, 0.4) is 0 Å². The molecular formula is C33H23FNO+. The van der Waals surface area contributed by atoms with Gasteiger partial charge in [-0.3, -0.25) is 0 Å². The van der Waals surface area contributed by atoms with Crippen LogP contribution in [0.5, 0.6) is 0 Å². The molecule has 2 aromatic heterocycles. The zero-order valence-electron chi connectivity index (χ0n) is 20.0. The van der Waals surface area contributed by atoms with Crippen LogP contribution in [0.1, 0.15) is 5.56 Å². The summed E-state index contributed by atoms with van der Waals surface area (Å²) in [5, 5.41) is 6.10. The zero-order valence-corrected chi connectivity index (χ0v) is 20.0. The third-order valence-electron chi connectivity index (χ3n) is 7.33. The second-order valence-electron chi connectivity index (χ2n) is 9.43.